The maximum atomic E-state index is 6.08. The molecule has 2 atom stereocenters. The maximum Gasteiger partial charge on any atom is 0.131 e. The first-order valence-corrected chi connectivity index (χ1v) is 8.21. The minimum absolute atomic E-state index is 0.0638. The highest BCUT2D eigenvalue weighted by molar-refractivity contribution is 7.11. The van der Waals surface area contributed by atoms with E-state index >= 15 is 0 Å². The van der Waals surface area contributed by atoms with Gasteiger partial charge in [0.1, 0.15) is 10.0 Å². The number of rotatable bonds is 3. The number of nitrogens with zero attached hydrogens (tertiary/aromatic N) is 3. The molecule has 1 aliphatic rings. The summed E-state index contributed by atoms with van der Waals surface area (Å²) in [6, 6.07) is 8.29. The van der Waals surface area contributed by atoms with Gasteiger partial charge in [-0.3, -0.25) is 4.90 Å². The summed E-state index contributed by atoms with van der Waals surface area (Å²) in [6.45, 7) is 6.56. The van der Waals surface area contributed by atoms with Crippen molar-refractivity contribution in [2.24, 2.45) is 0 Å². The fourth-order valence-corrected chi connectivity index (χ4v) is 3.44. The molecule has 112 valence electrons. The third kappa shape index (κ3) is 3.61. The summed E-state index contributed by atoms with van der Waals surface area (Å²) in [7, 11) is 0. The minimum atomic E-state index is 0.0638. The zero-order chi connectivity index (χ0) is 14.8. The van der Waals surface area contributed by atoms with E-state index in [9.17, 15) is 0 Å². The van der Waals surface area contributed by atoms with Crippen molar-refractivity contribution < 1.29 is 4.74 Å². The first-order valence-electron chi connectivity index (χ1n) is 7.02. The van der Waals surface area contributed by atoms with Gasteiger partial charge in [0.05, 0.1) is 19.3 Å². The van der Waals surface area contributed by atoms with Gasteiger partial charge in [-0.05, 0) is 31.5 Å². The summed E-state index contributed by atoms with van der Waals surface area (Å²) in [6.07, 6.45) is 0.0638. The second-order valence-electron chi connectivity index (χ2n) is 5.37. The molecule has 0 saturated carbocycles. The summed E-state index contributed by atoms with van der Waals surface area (Å²) in [4.78, 5) is 2.40. The highest BCUT2D eigenvalue weighted by Gasteiger charge is 2.28. The highest BCUT2D eigenvalue weighted by Crippen LogP contribution is 2.28. The van der Waals surface area contributed by atoms with E-state index < -0.39 is 0 Å². The molecule has 1 aromatic heterocycles. The predicted octanol–water partition coefficient (Wildman–Crippen LogP) is 3.46. The van der Waals surface area contributed by atoms with E-state index in [0.29, 0.717) is 6.04 Å². The molecule has 2 aromatic rings. The van der Waals surface area contributed by atoms with Crippen LogP contribution in [0, 0.1) is 6.92 Å². The molecule has 0 bridgehead atoms. The number of morpholine rings is 1. The smallest absolute Gasteiger partial charge is 0.131 e. The number of hydrogen-bond donors (Lipinski definition) is 0. The lowest BCUT2D eigenvalue weighted by Gasteiger charge is -2.37. The molecular formula is C15H18ClN3OS. The molecule has 1 fully saturated rings. The Morgan fingerprint density at radius 2 is 2.29 bits per heavy atom. The summed E-state index contributed by atoms with van der Waals surface area (Å²) in [5, 5.41) is 11.1. The summed E-state index contributed by atoms with van der Waals surface area (Å²) in [5.74, 6) is 0. The van der Waals surface area contributed by atoms with Gasteiger partial charge in [0.15, 0.2) is 0 Å². The van der Waals surface area contributed by atoms with Gasteiger partial charge >= 0.3 is 0 Å². The zero-order valence-corrected chi connectivity index (χ0v) is 13.7. The predicted molar refractivity (Wildman–Crippen MR) is 84.7 cm³/mol. The van der Waals surface area contributed by atoms with E-state index in [1.165, 1.54) is 0 Å². The van der Waals surface area contributed by atoms with Gasteiger partial charge in [-0.1, -0.05) is 23.7 Å². The zero-order valence-electron chi connectivity index (χ0n) is 12.1. The monoisotopic (exact) mass is 323 g/mol. The lowest BCUT2D eigenvalue weighted by atomic mass is 10.1. The van der Waals surface area contributed by atoms with Crippen molar-refractivity contribution in [3.05, 3.63) is 44.9 Å². The number of halogens is 1. The van der Waals surface area contributed by atoms with Crippen LogP contribution >= 0.6 is 22.9 Å². The lowest BCUT2D eigenvalue weighted by Crippen LogP contribution is -2.44. The fourth-order valence-electron chi connectivity index (χ4n) is 2.51. The first-order chi connectivity index (χ1) is 10.1. The van der Waals surface area contributed by atoms with Gasteiger partial charge in [0, 0.05) is 17.6 Å². The Labute approximate surface area is 133 Å². The molecular weight excluding hydrogens is 306 g/mol. The SMILES string of the molecule is Cc1nnc(CN2C[C@@H](c3cccc(Cl)c3)OC[C@@H]2C)s1. The lowest BCUT2D eigenvalue weighted by molar-refractivity contribution is -0.0633. The third-order valence-corrected chi connectivity index (χ3v) is 4.75. The molecule has 1 aliphatic heterocycles. The Kier molecular flexibility index (Phi) is 4.54. The molecule has 0 N–H and O–H groups in total. The van der Waals surface area contributed by atoms with Crippen LogP contribution in [0.4, 0.5) is 0 Å². The van der Waals surface area contributed by atoms with Crippen LogP contribution in [0.3, 0.4) is 0 Å². The molecule has 4 nitrogen and oxygen atoms in total. The second kappa shape index (κ2) is 6.40. The molecule has 0 spiro atoms. The Balaban J connectivity index is 1.72. The molecule has 3 rings (SSSR count). The molecule has 0 radical (unpaired) electrons. The van der Waals surface area contributed by atoms with E-state index in [4.69, 9.17) is 16.3 Å². The standard InChI is InChI=1S/C15H18ClN3OS/c1-10-9-20-14(12-4-3-5-13(16)6-12)7-19(10)8-15-18-17-11(2)21-15/h3-6,10,14H,7-9H2,1-2H3/t10-,14-/m0/s1. The first kappa shape index (κ1) is 14.9. The average Bonchev–Trinajstić information content (AvgIpc) is 2.87. The Morgan fingerprint density at radius 1 is 1.43 bits per heavy atom. The topological polar surface area (TPSA) is 38.2 Å². The van der Waals surface area contributed by atoms with Crippen LogP contribution in [0.5, 0.6) is 0 Å². The molecule has 1 saturated heterocycles. The number of aromatic nitrogens is 2. The molecule has 0 aliphatic carbocycles. The minimum Gasteiger partial charge on any atom is -0.371 e. The molecule has 2 heterocycles. The van der Waals surface area contributed by atoms with Crippen molar-refractivity contribution in [3.8, 4) is 0 Å². The second-order valence-corrected chi connectivity index (χ2v) is 7.07. The van der Waals surface area contributed by atoms with Gasteiger partial charge in [-0.25, -0.2) is 0 Å². The van der Waals surface area contributed by atoms with E-state index in [0.717, 1.165) is 40.3 Å². The average molecular weight is 324 g/mol. The fraction of sp³-hybridized carbons (Fsp3) is 0.467. The van der Waals surface area contributed by atoms with Crippen LogP contribution in [0.25, 0.3) is 0 Å². The van der Waals surface area contributed by atoms with E-state index in [1.807, 2.05) is 25.1 Å². The van der Waals surface area contributed by atoms with Gasteiger partial charge in [-0.2, -0.15) is 0 Å². The summed E-state index contributed by atoms with van der Waals surface area (Å²) in [5.41, 5.74) is 1.13. The van der Waals surface area contributed by atoms with Crippen LogP contribution in [0.2, 0.25) is 5.02 Å². The van der Waals surface area contributed by atoms with Crippen LogP contribution in [0.1, 0.15) is 28.6 Å². The van der Waals surface area contributed by atoms with Crippen LogP contribution < -0.4 is 0 Å². The Hall–Kier alpha value is -1.01. The van der Waals surface area contributed by atoms with Crippen molar-refractivity contribution in [1.29, 1.82) is 0 Å². The Morgan fingerprint density at radius 3 is 3.00 bits per heavy atom. The molecule has 21 heavy (non-hydrogen) atoms. The van der Waals surface area contributed by atoms with E-state index in [1.54, 1.807) is 11.3 Å². The van der Waals surface area contributed by atoms with Crippen molar-refractivity contribution in [1.82, 2.24) is 15.1 Å². The van der Waals surface area contributed by atoms with Crippen molar-refractivity contribution >= 4 is 22.9 Å². The van der Waals surface area contributed by atoms with Gasteiger partial charge in [0.2, 0.25) is 0 Å². The van der Waals surface area contributed by atoms with Crippen molar-refractivity contribution in [3.63, 3.8) is 0 Å². The quantitative estimate of drug-likeness (QED) is 0.867. The van der Waals surface area contributed by atoms with Crippen LogP contribution in [-0.2, 0) is 11.3 Å². The normalized spacial score (nSPS) is 23.4. The number of aryl methyl sites for hydroxylation is 1. The Bertz CT molecular complexity index is 618. The number of benzene rings is 1. The van der Waals surface area contributed by atoms with Crippen LogP contribution in [-0.4, -0.2) is 34.3 Å². The van der Waals surface area contributed by atoms with Gasteiger partial charge in [0.25, 0.3) is 0 Å². The summed E-state index contributed by atoms with van der Waals surface area (Å²) >= 11 is 7.73. The number of hydrogen-bond acceptors (Lipinski definition) is 5. The highest BCUT2D eigenvalue weighted by atomic mass is 35.5. The van der Waals surface area contributed by atoms with E-state index in [2.05, 4.69) is 28.1 Å². The van der Waals surface area contributed by atoms with Crippen LogP contribution in [0.15, 0.2) is 24.3 Å². The maximum absolute atomic E-state index is 6.08. The molecule has 0 amide bonds. The summed E-state index contributed by atoms with van der Waals surface area (Å²) < 4.78 is 5.97. The van der Waals surface area contributed by atoms with Gasteiger partial charge < -0.3 is 4.74 Å². The van der Waals surface area contributed by atoms with Crippen molar-refractivity contribution in [2.75, 3.05) is 13.2 Å². The molecule has 6 heteroatoms. The molecule has 0 unspecified atom stereocenters. The van der Waals surface area contributed by atoms with Crippen molar-refractivity contribution in [2.45, 2.75) is 32.5 Å². The van der Waals surface area contributed by atoms with Gasteiger partial charge in [-0.15, -0.1) is 21.5 Å². The number of ether oxygens (including phenoxy) is 1. The largest absolute Gasteiger partial charge is 0.371 e. The third-order valence-electron chi connectivity index (χ3n) is 3.69. The molecule has 1 aromatic carbocycles. The van der Waals surface area contributed by atoms with E-state index in [-0.39, 0.29) is 6.10 Å².